The standard InChI is InChI=1S/C32H41F7O2/c1-2-3-4-5-20-6-8-21(9-7-20)22-10-12-23(13-11-22)24-14-16-25(17-15-24)32(38,39)41-26-18-27(33)29(28(34)19-26)40-31(37)30(35)36/h2-3,18-25H,4-17H2,1H3/b3-2+. The van der Waals surface area contributed by atoms with Crippen LogP contribution in [0.1, 0.15) is 96.8 Å². The smallest absolute Gasteiger partial charge is 0.400 e. The van der Waals surface area contributed by atoms with E-state index in [2.05, 4.69) is 28.5 Å². The van der Waals surface area contributed by atoms with Gasteiger partial charge in [0.15, 0.2) is 11.6 Å². The van der Waals surface area contributed by atoms with Gasteiger partial charge in [0.25, 0.3) is 0 Å². The summed E-state index contributed by atoms with van der Waals surface area (Å²) in [4.78, 5) is 0. The third kappa shape index (κ3) is 8.44. The molecule has 2 nitrogen and oxygen atoms in total. The molecule has 0 heterocycles. The second-order valence-electron chi connectivity index (χ2n) is 12.2. The molecule has 0 unspecified atom stereocenters. The SMILES string of the molecule is C/C=C/CCC1CCC(C2CCC(C3CCC(C(F)(F)Oc4cc(F)c(OC(F)=C(F)F)c(F)c4)CC3)CC2)CC1. The van der Waals surface area contributed by atoms with Crippen molar-refractivity contribution in [2.75, 3.05) is 0 Å². The summed E-state index contributed by atoms with van der Waals surface area (Å²) in [6, 6.07) is -1.74. The summed E-state index contributed by atoms with van der Waals surface area (Å²) in [5.41, 5.74) is 0. The molecule has 0 saturated heterocycles. The molecule has 1 aromatic carbocycles. The molecular weight excluding hydrogens is 549 g/mol. The van der Waals surface area contributed by atoms with E-state index in [-0.39, 0.29) is 12.8 Å². The first-order chi connectivity index (χ1) is 19.6. The van der Waals surface area contributed by atoms with Gasteiger partial charge in [0, 0.05) is 12.1 Å². The van der Waals surface area contributed by atoms with Gasteiger partial charge in [-0.1, -0.05) is 25.0 Å². The van der Waals surface area contributed by atoms with Gasteiger partial charge in [-0.15, -0.1) is 0 Å². The molecule has 9 heteroatoms. The van der Waals surface area contributed by atoms with E-state index in [0.717, 1.165) is 30.6 Å². The van der Waals surface area contributed by atoms with E-state index in [9.17, 15) is 30.7 Å². The first-order valence-corrected chi connectivity index (χ1v) is 15.1. The molecule has 0 atom stereocenters. The van der Waals surface area contributed by atoms with Crippen molar-refractivity contribution in [3.8, 4) is 11.5 Å². The van der Waals surface area contributed by atoms with E-state index in [1.165, 1.54) is 51.4 Å². The molecule has 1 aromatic rings. The first kappa shape index (κ1) is 31.7. The van der Waals surface area contributed by atoms with Gasteiger partial charge in [-0.3, -0.25) is 0 Å². The minimum Gasteiger partial charge on any atom is -0.432 e. The fourth-order valence-corrected chi connectivity index (χ4v) is 7.52. The molecule has 0 N–H and O–H groups in total. The summed E-state index contributed by atoms with van der Waals surface area (Å²) in [5, 5.41) is 0. The Balaban J connectivity index is 1.22. The van der Waals surface area contributed by atoms with Crippen LogP contribution in [0, 0.1) is 47.1 Å². The second-order valence-corrected chi connectivity index (χ2v) is 12.2. The number of rotatable bonds is 10. The van der Waals surface area contributed by atoms with E-state index < -0.39 is 47.3 Å². The summed E-state index contributed by atoms with van der Waals surface area (Å²) in [6.45, 7) is 2.07. The number of halogens is 7. The van der Waals surface area contributed by atoms with Gasteiger partial charge in [-0.05, 0) is 114 Å². The Bertz CT molecular complexity index is 1020. The molecule has 0 aliphatic heterocycles. The zero-order valence-corrected chi connectivity index (χ0v) is 23.6. The summed E-state index contributed by atoms with van der Waals surface area (Å²) >= 11 is 0. The Morgan fingerprint density at radius 3 is 1.71 bits per heavy atom. The summed E-state index contributed by atoms with van der Waals surface area (Å²) in [5.74, 6) is -3.23. The van der Waals surface area contributed by atoms with Crippen LogP contribution in [-0.2, 0) is 0 Å². The number of benzene rings is 1. The zero-order chi connectivity index (χ0) is 29.6. The maximum Gasteiger partial charge on any atom is 0.400 e. The van der Waals surface area contributed by atoms with Crippen LogP contribution in [0.2, 0.25) is 0 Å². The lowest BCUT2D eigenvalue weighted by Gasteiger charge is -2.42. The Hall–Kier alpha value is -2.19. The highest BCUT2D eigenvalue weighted by Gasteiger charge is 2.45. The number of allylic oxidation sites excluding steroid dienone is 2. The number of alkyl halides is 2. The molecule has 4 rings (SSSR count). The molecule has 41 heavy (non-hydrogen) atoms. The summed E-state index contributed by atoms with van der Waals surface area (Å²) < 4.78 is 104. The van der Waals surface area contributed by atoms with Crippen LogP contribution in [0.5, 0.6) is 11.5 Å². The van der Waals surface area contributed by atoms with Gasteiger partial charge < -0.3 is 9.47 Å². The lowest BCUT2D eigenvalue weighted by Crippen LogP contribution is -2.38. The van der Waals surface area contributed by atoms with Crippen LogP contribution < -0.4 is 9.47 Å². The van der Waals surface area contributed by atoms with E-state index in [1.54, 1.807) is 0 Å². The fraction of sp³-hybridized carbons (Fsp3) is 0.688. The molecule has 0 amide bonds. The van der Waals surface area contributed by atoms with Crippen LogP contribution in [0.3, 0.4) is 0 Å². The van der Waals surface area contributed by atoms with Crippen molar-refractivity contribution < 1.29 is 40.2 Å². The van der Waals surface area contributed by atoms with Gasteiger partial charge >= 0.3 is 18.2 Å². The Morgan fingerprint density at radius 2 is 1.24 bits per heavy atom. The highest BCUT2D eigenvalue weighted by Crippen LogP contribution is 2.48. The number of hydrogen-bond donors (Lipinski definition) is 0. The van der Waals surface area contributed by atoms with Gasteiger partial charge in [0.2, 0.25) is 5.75 Å². The average molecular weight is 591 g/mol. The van der Waals surface area contributed by atoms with Crippen molar-refractivity contribution in [3.63, 3.8) is 0 Å². The molecule has 230 valence electrons. The predicted octanol–water partition coefficient (Wildman–Crippen LogP) is 11.1. The first-order valence-electron chi connectivity index (χ1n) is 15.1. The second kappa shape index (κ2) is 14.3. The van der Waals surface area contributed by atoms with E-state index in [1.807, 2.05) is 0 Å². The molecular formula is C32H41F7O2. The average Bonchev–Trinajstić information content (AvgIpc) is 2.95. The molecule has 3 aliphatic rings. The highest BCUT2D eigenvalue weighted by atomic mass is 19.3. The van der Waals surface area contributed by atoms with Crippen molar-refractivity contribution in [1.29, 1.82) is 0 Å². The zero-order valence-electron chi connectivity index (χ0n) is 23.6. The topological polar surface area (TPSA) is 18.5 Å². The quantitative estimate of drug-likeness (QED) is 0.153. The lowest BCUT2D eigenvalue weighted by atomic mass is 9.65. The third-order valence-corrected chi connectivity index (χ3v) is 9.83. The minimum atomic E-state index is -3.67. The third-order valence-electron chi connectivity index (χ3n) is 9.83. The number of hydrogen-bond acceptors (Lipinski definition) is 2. The Morgan fingerprint density at radius 1 is 0.780 bits per heavy atom. The normalized spacial score (nSPS) is 29.4. The van der Waals surface area contributed by atoms with E-state index in [0.29, 0.717) is 36.8 Å². The largest absolute Gasteiger partial charge is 0.432 e. The Kier molecular flexibility index (Phi) is 11.1. The van der Waals surface area contributed by atoms with Crippen molar-refractivity contribution >= 4 is 0 Å². The van der Waals surface area contributed by atoms with Crippen LogP contribution >= 0.6 is 0 Å². The highest BCUT2D eigenvalue weighted by molar-refractivity contribution is 5.36. The molecule has 3 fully saturated rings. The van der Waals surface area contributed by atoms with E-state index in [4.69, 9.17) is 0 Å². The van der Waals surface area contributed by atoms with Gasteiger partial charge in [-0.25, -0.2) is 8.78 Å². The molecule has 0 spiro atoms. The van der Waals surface area contributed by atoms with Crippen molar-refractivity contribution in [2.45, 2.75) is 103 Å². The molecule has 0 radical (unpaired) electrons. The van der Waals surface area contributed by atoms with Gasteiger partial charge in [-0.2, -0.15) is 22.0 Å². The van der Waals surface area contributed by atoms with E-state index >= 15 is 0 Å². The molecule has 0 aromatic heterocycles. The lowest BCUT2D eigenvalue weighted by molar-refractivity contribution is -0.224. The molecule has 3 aliphatic carbocycles. The van der Waals surface area contributed by atoms with Gasteiger partial charge in [0.1, 0.15) is 5.75 Å². The van der Waals surface area contributed by atoms with Crippen LogP contribution in [0.4, 0.5) is 30.7 Å². The maximum absolute atomic E-state index is 14.9. The predicted molar refractivity (Wildman–Crippen MR) is 143 cm³/mol. The fourth-order valence-electron chi connectivity index (χ4n) is 7.52. The maximum atomic E-state index is 14.9. The molecule has 3 saturated carbocycles. The number of ether oxygens (including phenoxy) is 2. The van der Waals surface area contributed by atoms with Crippen molar-refractivity contribution in [1.82, 2.24) is 0 Å². The van der Waals surface area contributed by atoms with Crippen molar-refractivity contribution in [3.05, 3.63) is 48.0 Å². The monoisotopic (exact) mass is 590 g/mol. The summed E-state index contributed by atoms with van der Waals surface area (Å²) in [6.07, 6.45) is 12.2. The van der Waals surface area contributed by atoms with Gasteiger partial charge in [0.05, 0.1) is 5.92 Å². The van der Waals surface area contributed by atoms with Crippen LogP contribution in [0.25, 0.3) is 0 Å². The molecule has 0 bridgehead atoms. The van der Waals surface area contributed by atoms with Crippen molar-refractivity contribution in [2.24, 2.45) is 35.5 Å². The van der Waals surface area contributed by atoms with Crippen LogP contribution in [-0.4, -0.2) is 6.11 Å². The van der Waals surface area contributed by atoms with Crippen LogP contribution in [0.15, 0.2) is 36.4 Å². The summed E-state index contributed by atoms with van der Waals surface area (Å²) in [7, 11) is 0. The Labute approximate surface area is 238 Å². The minimum absolute atomic E-state index is 0.243.